The molecule has 9 nitrogen and oxygen atoms in total. The molecule has 0 saturated heterocycles. The van der Waals surface area contributed by atoms with E-state index in [1.54, 1.807) is 49.8 Å². The zero-order chi connectivity index (χ0) is 27.1. The number of rotatable bonds is 8. The molecule has 1 aliphatic rings. The molecule has 39 heavy (non-hydrogen) atoms. The number of aromatic nitrogens is 5. The molecular formula is C29H31N5O4S. The second-order valence-electron chi connectivity index (χ2n) is 10.2. The minimum absolute atomic E-state index is 0.0956. The Kier molecular flexibility index (Phi) is 6.60. The van der Waals surface area contributed by atoms with Gasteiger partial charge in [-0.1, -0.05) is 43.2 Å². The van der Waals surface area contributed by atoms with E-state index < -0.39 is 10.0 Å². The molecule has 202 valence electrons. The molecule has 0 bridgehead atoms. The molecule has 0 spiro atoms. The molecule has 3 unspecified atom stereocenters. The molecule has 0 aliphatic heterocycles. The number of ether oxygens (including phenoxy) is 2. The Morgan fingerprint density at radius 3 is 2.49 bits per heavy atom. The summed E-state index contributed by atoms with van der Waals surface area (Å²) in [5.41, 5.74) is 3.71. The van der Waals surface area contributed by atoms with Crippen LogP contribution in [0.2, 0.25) is 0 Å². The number of methoxy groups -OCH3 is 1. The Morgan fingerprint density at radius 2 is 1.77 bits per heavy atom. The Morgan fingerprint density at radius 1 is 1.00 bits per heavy atom. The van der Waals surface area contributed by atoms with Gasteiger partial charge in [0, 0.05) is 12.1 Å². The summed E-state index contributed by atoms with van der Waals surface area (Å²) in [6.07, 6.45) is 5.98. The lowest BCUT2D eigenvalue weighted by atomic mass is 9.93. The average Bonchev–Trinajstić information content (AvgIpc) is 3.68. The zero-order valence-corrected chi connectivity index (χ0v) is 23.0. The monoisotopic (exact) mass is 545 g/mol. The maximum atomic E-state index is 13.5. The first-order valence-corrected chi connectivity index (χ1v) is 14.6. The first kappa shape index (κ1) is 25.5. The lowest BCUT2D eigenvalue weighted by Gasteiger charge is -2.16. The molecule has 1 saturated carbocycles. The van der Waals surface area contributed by atoms with Crippen molar-refractivity contribution in [2.45, 2.75) is 56.6 Å². The van der Waals surface area contributed by atoms with Crippen molar-refractivity contribution in [3.05, 3.63) is 83.9 Å². The Bertz CT molecular complexity index is 1730. The first-order chi connectivity index (χ1) is 18.9. The third-order valence-corrected chi connectivity index (χ3v) is 9.47. The summed E-state index contributed by atoms with van der Waals surface area (Å²) in [5.74, 6) is 2.16. The largest absolute Gasteiger partial charge is 0.497 e. The molecule has 1 aliphatic carbocycles. The molecule has 0 amide bonds. The Hall–Kier alpha value is -3.76. The molecular weight excluding hydrogens is 514 g/mol. The molecule has 6 rings (SSSR count). The Balaban J connectivity index is 1.31. The van der Waals surface area contributed by atoms with E-state index in [2.05, 4.69) is 22.1 Å². The van der Waals surface area contributed by atoms with Crippen LogP contribution in [0.4, 0.5) is 0 Å². The van der Waals surface area contributed by atoms with E-state index in [1.807, 2.05) is 35.6 Å². The molecule has 3 heterocycles. The highest BCUT2D eigenvalue weighted by Crippen LogP contribution is 2.43. The van der Waals surface area contributed by atoms with Gasteiger partial charge >= 0.3 is 0 Å². The number of nitrogens with zero attached hydrogens (tertiary/aromatic N) is 5. The van der Waals surface area contributed by atoms with Gasteiger partial charge in [0.15, 0.2) is 11.3 Å². The van der Waals surface area contributed by atoms with Crippen molar-refractivity contribution in [1.29, 1.82) is 0 Å². The highest BCUT2D eigenvalue weighted by molar-refractivity contribution is 7.90. The zero-order valence-electron chi connectivity index (χ0n) is 22.2. The van der Waals surface area contributed by atoms with E-state index in [1.165, 1.54) is 3.97 Å². The van der Waals surface area contributed by atoms with Gasteiger partial charge in [0.25, 0.3) is 10.0 Å². The van der Waals surface area contributed by atoms with Crippen molar-refractivity contribution in [2.75, 3.05) is 7.11 Å². The average molecular weight is 546 g/mol. The fraction of sp³-hybridized carbons (Fsp3) is 0.345. The summed E-state index contributed by atoms with van der Waals surface area (Å²) in [4.78, 5) is 4.69. The molecule has 0 radical (unpaired) electrons. The van der Waals surface area contributed by atoms with Crippen molar-refractivity contribution in [1.82, 2.24) is 23.6 Å². The predicted molar refractivity (Wildman–Crippen MR) is 147 cm³/mol. The normalized spacial score (nSPS) is 19.7. The van der Waals surface area contributed by atoms with E-state index in [0.29, 0.717) is 29.3 Å². The quantitative estimate of drug-likeness (QED) is 0.267. The topological polar surface area (TPSA) is 101 Å². The van der Waals surface area contributed by atoms with Gasteiger partial charge in [-0.15, -0.1) is 10.2 Å². The third kappa shape index (κ3) is 4.57. The number of aryl methyl sites for hydroxylation is 1. The van der Waals surface area contributed by atoms with Crippen LogP contribution in [0.5, 0.6) is 5.75 Å². The van der Waals surface area contributed by atoms with Crippen LogP contribution in [0.1, 0.15) is 49.1 Å². The van der Waals surface area contributed by atoms with Gasteiger partial charge in [0.1, 0.15) is 11.6 Å². The van der Waals surface area contributed by atoms with Crippen LogP contribution in [0.15, 0.2) is 71.9 Å². The predicted octanol–water partition coefficient (Wildman–Crippen LogP) is 5.12. The molecule has 5 aromatic rings. The van der Waals surface area contributed by atoms with Gasteiger partial charge < -0.3 is 9.47 Å². The van der Waals surface area contributed by atoms with E-state index >= 15 is 0 Å². The minimum Gasteiger partial charge on any atom is -0.497 e. The van der Waals surface area contributed by atoms with Crippen molar-refractivity contribution < 1.29 is 17.9 Å². The SMILES string of the molecule is CCC1CC(OCc2ccc(OC)cc2)CC1c1nnc2cnc3c(ccn3S(=O)(=O)c3ccc(C)cc3)n12. The number of hydrogen-bond donors (Lipinski definition) is 0. The third-order valence-electron chi connectivity index (χ3n) is 7.79. The molecule has 3 aromatic heterocycles. The van der Waals surface area contributed by atoms with Crippen molar-refractivity contribution >= 4 is 26.8 Å². The van der Waals surface area contributed by atoms with Crippen LogP contribution in [0.25, 0.3) is 16.8 Å². The van der Waals surface area contributed by atoms with Crippen LogP contribution < -0.4 is 4.74 Å². The van der Waals surface area contributed by atoms with Gasteiger partial charge in [-0.3, -0.25) is 4.40 Å². The summed E-state index contributed by atoms with van der Waals surface area (Å²) in [6, 6.07) is 16.5. The summed E-state index contributed by atoms with van der Waals surface area (Å²) < 4.78 is 41.7. The van der Waals surface area contributed by atoms with Crippen LogP contribution in [0.3, 0.4) is 0 Å². The van der Waals surface area contributed by atoms with E-state index in [-0.39, 0.29) is 16.9 Å². The lowest BCUT2D eigenvalue weighted by Crippen LogP contribution is -2.13. The van der Waals surface area contributed by atoms with E-state index in [4.69, 9.17) is 9.47 Å². The maximum Gasteiger partial charge on any atom is 0.269 e. The van der Waals surface area contributed by atoms with E-state index in [9.17, 15) is 8.42 Å². The van der Waals surface area contributed by atoms with E-state index in [0.717, 1.165) is 42.0 Å². The van der Waals surface area contributed by atoms with Gasteiger partial charge in [0.2, 0.25) is 0 Å². The smallest absolute Gasteiger partial charge is 0.269 e. The molecule has 10 heteroatoms. The highest BCUT2D eigenvalue weighted by Gasteiger charge is 2.38. The fourth-order valence-electron chi connectivity index (χ4n) is 5.62. The summed E-state index contributed by atoms with van der Waals surface area (Å²) in [5, 5.41) is 8.98. The second-order valence-corrected chi connectivity index (χ2v) is 12.0. The highest BCUT2D eigenvalue weighted by atomic mass is 32.2. The summed E-state index contributed by atoms with van der Waals surface area (Å²) in [7, 11) is -2.16. The van der Waals surface area contributed by atoms with Crippen LogP contribution in [-0.4, -0.2) is 45.2 Å². The van der Waals surface area contributed by atoms with Crippen LogP contribution in [0, 0.1) is 12.8 Å². The van der Waals surface area contributed by atoms with Crippen molar-refractivity contribution in [3.63, 3.8) is 0 Å². The molecule has 0 N–H and O–H groups in total. The van der Waals surface area contributed by atoms with Gasteiger partial charge in [-0.25, -0.2) is 17.4 Å². The maximum absolute atomic E-state index is 13.5. The van der Waals surface area contributed by atoms with Crippen molar-refractivity contribution in [2.24, 2.45) is 5.92 Å². The van der Waals surface area contributed by atoms with Crippen LogP contribution >= 0.6 is 0 Å². The molecule has 2 aromatic carbocycles. The lowest BCUT2D eigenvalue weighted by molar-refractivity contribution is 0.0422. The minimum atomic E-state index is -3.81. The van der Waals surface area contributed by atoms with Crippen molar-refractivity contribution in [3.8, 4) is 5.75 Å². The number of benzene rings is 2. The first-order valence-electron chi connectivity index (χ1n) is 13.2. The van der Waals surface area contributed by atoms with Gasteiger partial charge in [-0.2, -0.15) is 0 Å². The Labute approximate surface area is 227 Å². The van der Waals surface area contributed by atoms with Gasteiger partial charge in [-0.05, 0) is 61.6 Å². The summed E-state index contributed by atoms with van der Waals surface area (Å²) in [6.45, 7) is 4.65. The molecule has 1 fully saturated rings. The molecule has 3 atom stereocenters. The fourth-order valence-corrected chi connectivity index (χ4v) is 6.92. The van der Waals surface area contributed by atoms with Crippen LogP contribution in [-0.2, 0) is 21.4 Å². The summed E-state index contributed by atoms with van der Waals surface area (Å²) >= 11 is 0. The standard InChI is InChI=1S/C29H31N5O4S/c1-4-21-15-23(38-18-20-7-9-22(37-3)10-8-20)16-25(21)28-32-31-27-17-30-29-26(34(27)28)13-14-33(29)39(35,36)24-11-5-19(2)6-12-24/h5-14,17,21,23,25H,4,15-16,18H2,1-3H3. The number of fused-ring (bicyclic) bond motifs is 3. The van der Waals surface area contributed by atoms with Gasteiger partial charge in [0.05, 0.1) is 36.4 Å². The number of hydrogen-bond acceptors (Lipinski definition) is 7. The second kappa shape index (κ2) is 10.1.